The molecule has 1 atom stereocenters. The van der Waals surface area contributed by atoms with Gasteiger partial charge < -0.3 is 5.11 Å². The van der Waals surface area contributed by atoms with Crippen LogP contribution in [0.3, 0.4) is 0 Å². The molecule has 1 heteroatoms. The van der Waals surface area contributed by atoms with Crippen LogP contribution in [0.4, 0.5) is 0 Å². The Kier molecular flexibility index (Phi) is 3.71. The van der Waals surface area contributed by atoms with Gasteiger partial charge in [-0.15, -0.1) is 0 Å². The Morgan fingerprint density at radius 3 is 2.54 bits per heavy atom. The van der Waals surface area contributed by atoms with Gasteiger partial charge in [-0.05, 0) is 24.5 Å². The molecule has 0 aliphatic heterocycles. The van der Waals surface area contributed by atoms with Crippen molar-refractivity contribution in [3.63, 3.8) is 0 Å². The Bertz CT molecular complexity index is 274. The van der Waals surface area contributed by atoms with E-state index >= 15 is 0 Å². The van der Waals surface area contributed by atoms with E-state index in [1.807, 2.05) is 50.3 Å². The molecule has 70 valence electrons. The SMILES string of the molecule is CC[C@H](O)/C(C)=C/c1ccccc1. The fourth-order valence-corrected chi connectivity index (χ4v) is 1.23. The van der Waals surface area contributed by atoms with Crippen LogP contribution < -0.4 is 0 Å². The largest absolute Gasteiger partial charge is 0.389 e. The van der Waals surface area contributed by atoms with Gasteiger partial charge in [-0.25, -0.2) is 0 Å². The quantitative estimate of drug-likeness (QED) is 0.750. The third-order valence-electron chi connectivity index (χ3n) is 2.11. The molecular formula is C12H16O. The Morgan fingerprint density at radius 2 is 2.00 bits per heavy atom. The monoisotopic (exact) mass is 176 g/mol. The van der Waals surface area contributed by atoms with Crippen LogP contribution in [-0.2, 0) is 0 Å². The number of benzene rings is 1. The van der Waals surface area contributed by atoms with E-state index in [9.17, 15) is 5.11 Å². The summed E-state index contributed by atoms with van der Waals surface area (Å²) in [5.74, 6) is 0. The van der Waals surface area contributed by atoms with Crippen molar-refractivity contribution in [2.75, 3.05) is 0 Å². The maximum Gasteiger partial charge on any atom is 0.0748 e. The topological polar surface area (TPSA) is 20.2 Å². The summed E-state index contributed by atoms with van der Waals surface area (Å²) < 4.78 is 0. The lowest BCUT2D eigenvalue weighted by Gasteiger charge is -2.07. The molecule has 1 nitrogen and oxygen atoms in total. The van der Waals surface area contributed by atoms with Crippen molar-refractivity contribution in [1.29, 1.82) is 0 Å². The molecule has 0 saturated carbocycles. The maximum atomic E-state index is 9.52. The molecule has 0 spiro atoms. The van der Waals surface area contributed by atoms with Crippen molar-refractivity contribution in [1.82, 2.24) is 0 Å². The van der Waals surface area contributed by atoms with Crippen LogP contribution in [0.25, 0.3) is 6.08 Å². The second kappa shape index (κ2) is 4.83. The minimum atomic E-state index is -0.305. The Hall–Kier alpha value is -1.08. The molecule has 1 aromatic rings. The van der Waals surface area contributed by atoms with Gasteiger partial charge in [0.15, 0.2) is 0 Å². The normalized spacial score (nSPS) is 14.2. The van der Waals surface area contributed by atoms with Gasteiger partial charge in [0.05, 0.1) is 6.10 Å². The molecule has 1 aromatic carbocycles. The van der Waals surface area contributed by atoms with E-state index in [1.165, 1.54) is 0 Å². The van der Waals surface area contributed by atoms with E-state index < -0.39 is 0 Å². The number of aliphatic hydroxyl groups is 1. The van der Waals surface area contributed by atoms with Gasteiger partial charge in [0.2, 0.25) is 0 Å². The zero-order chi connectivity index (χ0) is 9.68. The maximum absolute atomic E-state index is 9.52. The second-order valence-corrected chi connectivity index (χ2v) is 3.22. The van der Waals surface area contributed by atoms with Crippen LogP contribution in [-0.4, -0.2) is 11.2 Å². The average molecular weight is 176 g/mol. The van der Waals surface area contributed by atoms with Crippen molar-refractivity contribution in [2.24, 2.45) is 0 Å². The summed E-state index contributed by atoms with van der Waals surface area (Å²) in [5, 5.41) is 9.52. The van der Waals surface area contributed by atoms with Crippen molar-refractivity contribution in [2.45, 2.75) is 26.4 Å². The zero-order valence-corrected chi connectivity index (χ0v) is 8.20. The highest BCUT2D eigenvalue weighted by Gasteiger charge is 2.01. The zero-order valence-electron chi connectivity index (χ0n) is 8.20. The van der Waals surface area contributed by atoms with Gasteiger partial charge in [0, 0.05) is 0 Å². The molecule has 0 saturated heterocycles. The van der Waals surface area contributed by atoms with Gasteiger partial charge in [-0.1, -0.05) is 43.3 Å². The summed E-state index contributed by atoms with van der Waals surface area (Å²) >= 11 is 0. The van der Waals surface area contributed by atoms with Gasteiger partial charge in [-0.3, -0.25) is 0 Å². The molecule has 13 heavy (non-hydrogen) atoms. The summed E-state index contributed by atoms with van der Waals surface area (Å²) in [6.07, 6.45) is 2.49. The molecule has 0 heterocycles. The number of rotatable bonds is 3. The summed E-state index contributed by atoms with van der Waals surface area (Å²) in [6, 6.07) is 10.1. The van der Waals surface area contributed by atoms with Crippen LogP contribution in [0.1, 0.15) is 25.8 Å². The molecule has 0 fully saturated rings. The summed E-state index contributed by atoms with van der Waals surface area (Å²) in [4.78, 5) is 0. The lowest BCUT2D eigenvalue weighted by Crippen LogP contribution is -2.05. The Labute approximate surface area is 79.7 Å². The van der Waals surface area contributed by atoms with Crippen molar-refractivity contribution >= 4 is 6.08 Å². The standard InChI is InChI=1S/C12H16O/c1-3-12(13)10(2)9-11-7-5-4-6-8-11/h4-9,12-13H,3H2,1-2H3/b10-9+/t12-/m0/s1. The first-order valence-corrected chi connectivity index (χ1v) is 4.65. The summed E-state index contributed by atoms with van der Waals surface area (Å²) in [6.45, 7) is 3.94. The first-order chi connectivity index (χ1) is 6.24. The molecule has 0 amide bonds. The van der Waals surface area contributed by atoms with Crippen molar-refractivity contribution in [3.05, 3.63) is 41.5 Å². The highest BCUT2D eigenvalue weighted by Crippen LogP contribution is 2.11. The third kappa shape index (κ3) is 3.03. The number of aliphatic hydroxyl groups excluding tert-OH is 1. The van der Waals surface area contributed by atoms with Crippen molar-refractivity contribution < 1.29 is 5.11 Å². The first-order valence-electron chi connectivity index (χ1n) is 4.65. The predicted octanol–water partition coefficient (Wildman–Crippen LogP) is 2.86. The third-order valence-corrected chi connectivity index (χ3v) is 2.11. The molecule has 0 unspecified atom stereocenters. The molecule has 0 radical (unpaired) electrons. The second-order valence-electron chi connectivity index (χ2n) is 3.22. The molecule has 0 aliphatic carbocycles. The highest BCUT2D eigenvalue weighted by molar-refractivity contribution is 5.52. The highest BCUT2D eigenvalue weighted by atomic mass is 16.3. The number of hydrogen-bond donors (Lipinski definition) is 1. The summed E-state index contributed by atoms with van der Waals surface area (Å²) in [7, 11) is 0. The molecular weight excluding hydrogens is 160 g/mol. The van der Waals surface area contributed by atoms with Crippen LogP contribution in [0, 0.1) is 0 Å². The van der Waals surface area contributed by atoms with Gasteiger partial charge in [0.25, 0.3) is 0 Å². The van der Waals surface area contributed by atoms with Gasteiger partial charge in [0.1, 0.15) is 0 Å². The molecule has 0 bridgehead atoms. The van der Waals surface area contributed by atoms with E-state index in [0.29, 0.717) is 0 Å². The summed E-state index contributed by atoms with van der Waals surface area (Å²) in [5.41, 5.74) is 2.17. The molecule has 1 N–H and O–H groups in total. The van der Waals surface area contributed by atoms with E-state index in [1.54, 1.807) is 0 Å². The molecule has 0 aliphatic rings. The number of hydrogen-bond acceptors (Lipinski definition) is 1. The van der Waals surface area contributed by atoms with E-state index in [4.69, 9.17) is 0 Å². The van der Waals surface area contributed by atoms with Gasteiger partial charge in [-0.2, -0.15) is 0 Å². The Morgan fingerprint density at radius 1 is 1.38 bits per heavy atom. The fourth-order valence-electron chi connectivity index (χ4n) is 1.23. The molecule has 0 aromatic heterocycles. The minimum absolute atomic E-state index is 0.305. The lowest BCUT2D eigenvalue weighted by molar-refractivity contribution is 0.208. The fraction of sp³-hybridized carbons (Fsp3) is 0.333. The van der Waals surface area contributed by atoms with Crippen LogP contribution in [0.5, 0.6) is 0 Å². The van der Waals surface area contributed by atoms with Crippen molar-refractivity contribution in [3.8, 4) is 0 Å². The Balaban J connectivity index is 2.77. The van der Waals surface area contributed by atoms with E-state index in [-0.39, 0.29) is 6.10 Å². The molecule has 1 rings (SSSR count). The van der Waals surface area contributed by atoms with Crippen LogP contribution in [0.2, 0.25) is 0 Å². The predicted molar refractivity (Wildman–Crippen MR) is 56.4 cm³/mol. The lowest BCUT2D eigenvalue weighted by atomic mass is 10.1. The smallest absolute Gasteiger partial charge is 0.0748 e. The van der Waals surface area contributed by atoms with Gasteiger partial charge >= 0.3 is 0 Å². The van der Waals surface area contributed by atoms with Crippen LogP contribution >= 0.6 is 0 Å². The first kappa shape index (κ1) is 10.0. The van der Waals surface area contributed by atoms with Crippen LogP contribution in [0.15, 0.2) is 35.9 Å². The minimum Gasteiger partial charge on any atom is -0.389 e. The van der Waals surface area contributed by atoms with E-state index in [2.05, 4.69) is 0 Å². The van der Waals surface area contributed by atoms with E-state index in [0.717, 1.165) is 17.6 Å². The average Bonchev–Trinajstić information content (AvgIpc) is 2.18.